The van der Waals surface area contributed by atoms with Gasteiger partial charge in [0.1, 0.15) is 11.3 Å². The van der Waals surface area contributed by atoms with Crippen LogP contribution in [0.2, 0.25) is 0 Å². The Labute approximate surface area is 114 Å². The van der Waals surface area contributed by atoms with E-state index < -0.39 is 5.54 Å². The van der Waals surface area contributed by atoms with Crippen molar-refractivity contribution in [3.8, 4) is 5.75 Å². The van der Waals surface area contributed by atoms with E-state index in [9.17, 15) is 4.79 Å². The van der Waals surface area contributed by atoms with E-state index in [1.165, 1.54) is 12.8 Å². The average molecular weight is 262 g/mol. The van der Waals surface area contributed by atoms with Gasteiger partial charge < -0.3 is 10.5 Å². The van der Waals surface area contributed by atoms with Crippen molar-refractivity contribution in [3.63, 3.8) is 0 Å². The Hall–Kier alpha value is -1.55. The van der Waals surface area contributed by atoms with Gasteiger partial charge in [-0.2, -0.15) is 0 Å². The zero-order valence-corrected chi connectivity index (χ0v) is 11.6. The number of nitrogens with two attached hydrogens (primary N) is 1. The molecule has 0 aliphatic heterocycles. The summed E-state index contributed by atoms with van der Waals surface area (Å²) in [5.41, 5.74) is 5.64. The van der Waals surface area contributed by atoms with E-state index in [4.69, 9.17) is 10.5 Å². The molecule has 1 aromatic rings. The number of amides is 1. The summed E-state index contributed by atoms with van der Waals surface area (Å²) in [7, 11) is 0. The molecule has 2 rings (SSSR count). The minimum absolute atomic E-state index is 0.350. The molecule has 0 bridgehead atoms. The number of hydrogen-bond donors (Lipinski definition) is 2. The fourth-order valence-electron chi connectivity index (χ4n) is 2.05. The Bertz CT molecular complexity index is 440. The number of carbonyl (C=O) groups excluding carboxylic acids is 1. The second-order valence-electron chi connectivity index (χ2n) is 5.27. The van der Waals surface area contributed by atoms with Crippen molar-refractivity contribution < 1.29 is 9.53 Å². The highest BCUT2D eigenvalue weighted by molar-refractivity contribution is 5.85. The van der Waals surface area contributed by atoms with Gasteiger partial charge in [-0.15, -0.1) is 0 Å². The third-order valence-corrected chi connectivity index (χ3v) is 3.68. The summed E-state index contributed by atoms with van der Waals surface area (Å²) in [5.74, 6) is 1.15. The Morgan fingerprint density at radius 3 is 2.53 bits per heavy atom. The van der Waals surface area contributed by atoms with Gasteiger partial charge in [0.25, 0.3) is 0 Å². The standard InChI is InChI=1S/C15H22N2O2/c1-3-19-13-8-6-12(7-9-13)15(2,14(16)18)17-10-11-4-5-11/h6-9,11,17H,3-5,10H2,1-2H3,(H2,16,18). The van der Waals surface area contributed by atoms with Crippen LogP contribution >= 0.6 is 0 Å². The molecule has 104 valence electrons. The van der Waals surface area contributed by atoms with E-state index in [2.05, 4.69) is 5.32 Å². The molecule has 0 heterocycles. The third-order valence-electron chi connectivity index (χ3n) is 3.68. The molecule has 19 heavy (non-hydrogen) atoms. The van der Waals surface area contributed by atoms with E-state index in [0.29, 0.717) is 12.5 Å². The molecule has 0 saturated heterocycles. The summed E-state index contributed by atoms with van der Waals surface area (Å²) in [6, 6.07) is 7.54. The molecule has 4 heteroatoms. The molecule has 1 unspecified atom stereocenters. The zero-order chi connectivity index (χ0) is 13.9. The minimum Gasteiger partial charge on any atom is -0.494 e. The van der Waals surface area contributed by atoms with Gasteiger partial charge in [-0.3, -0.25) is 10.1 Å². The summed E-state index contributed by atoms with van der Waals surface area (Å²) in [5, 5.41) is 3.31. The molecule has 1 atom stereocenters. The fourth-order valence-corrected chi connectivity index (χ4v) is 2.05. The third kappa shape index (κ3) is 3.26. The minimum atomic E-state index is -0.812. The van der Waals surface area contributed by atoms with Gasteiger partial charge in [-0.25, -0.2) is 0 Å². The van der Waals surface area contributed by atoms with Gasteiger partial charge in [0.2, 0.25) is 5.91 Å². The van der Waals surface area contributed by atoms with Gasteiger partial charge in [0.15, 0.2) is 0 Å². The van der Waals surface area contributed by atoms with Crippen molar-refractivity contribution in [3.05, 3.63) is 29.8 Å². The second-order valence-corrected chi connectivity index (χ2v) is 5.27. The SMILES string of the molecule is CCOc1ccc(C(C)(NCC2CC2)C(N)=O)cc1. The van der Waals surface area contributed by atoms with Crippen LogP contribution in [0.4, 0.5) is 0 Å². The molecule has 3 N–H and O–H groups in total. The van der Waals surface area contributed by atoms with E-state index in [1.807, 2.05) is 38.1 Å². The molecule has 1 aliphatic carbocycles. The van der Waals surface area contributed by atoms with Gasteiger partial charge in [-0.1, -0.05) is 12.1 Å². The first-order valence-corrected chi connectivity index (χ1v) is 6.84. The van der Waals surface area contributed by atoms with E-state index >= 15 is 0 Å². The maximum absolute atomic E-state index is 11.8. The molecular weight excluding hydrogens is 240 g/mol. The molecule has 0 radical (unpaired) electrons. The number of hydrogen-bond acceptors (Lipinski definition) is 3. The monoisotopic (exact) mass is 262 g/mol. The van der Waals surface area contributed by atoms with Crippen molar-refractivity contribution in [1.82, 2.24) is 5.32 Å². The summed E-state index contributed by atoms with van der Waals surface area (Å²) in [6.07, 6.45) is 2.48. The van der Waals surface area contributed by atoms with Crippen molar-refractivity contribution in [2.75, 3.05) is 13.2 Å². The first kappa shape index (κ1) is 13.9. The quantitative estimate of drug-likeness (QED) is 0.787. The van der Waals surface area contributed by atoms with Gasteiger partial charge in [-0.05, 0) is 56.8 Å². The summed E-state index contributed by atoms with van der Waals surface area (Å²) in [4.78, 5) is 11.8. The van der Waals surface area contributed by atoms with Crippen LogP contribution in [0.1, 0.15) is 32.3 Å². The first-order valence-electron chi connectivity index (χ1n) is 6.84. The fraction of sp³-hybridized carbons (Fsp3) is 0.533. The zero-order valence-electron chi connectivity index (χ0n) is 11.6. The molecule has 1 amide bonds. The molecule has 1 saturated carbocycles. The molecular formula is C15H22N2O2. The number of carbonyl (C=O) groups is 1. The average Bonchev–Trinajstić information content (AvgIpc) is 3.21. The van der Waals surface area contributed by atoms with Crippen LogP contribution in [-0.4, -0.2) is 19.1 Å². The predicted molar refractivity (Wildman–Crippen MR) is 74.9 cm³/mol. The normalized spacial score (nSPS) is 17.8. The largest absolute Gasteiger partial charge is 0.494 e. The molecule has 4 nitrogen and oxygen atoms in total. The first-order chi connectivity index (χ1) is 9.06. The molecule has 1 aliphatic rings. The smallest absolute Gasteiger partial charge is 0.242 e. The lowest BCUT2D eigenvalue weighted by Crippen LogP contribution is -2.51. The highest BCUT2D eigenvalue weighted by atomic mass is 16.5. The number of nitrogens with one attached hydrogen (secondary N) is 1. The Kier molecular flexibility index (Phi) is 4.10. The van der Waals surface area contributed by atoms with Crippen molar-refractivity contribution in [2.45, 2.75) is 32.2 Å². The van der Waals surface area contributed by atoms with Crippen LogP contribution in [0.15, 0.2) is 24.3 Å². The molecule has 0 spiro atoms. The number of rotatable bonds is 7. The molecule has 1 fully saturated rings. The molecule has 0 aromatic heterocycles. The van der Waals surface area contributed by atoms with Crippen LogP contribution in [0, 0.1) is 5.92 Å². The van der Waals surface area contributed by atoms with Crippen molar-refractivity contribution in [2.24, 2.45) is 11.7 Å². The Morgan fingerprint density at radius 2 is 2.05 bits per heavy atom. The Balaban J connectivity index is 2.14. The highest BCUT2D eigenvalue weighted by Crippen LogP contribution is 2.30. The van der Waals surface area contributed by atoms with Crippen LogP contribution in [-0.2, 0) is 10.3 Å². The van der Waals surface area contributed by atoms with Gasteiger partial charge >= 0.3 is 0 Å². The predicted octanol–water partition coefficient (Wildman–Crippen LogP) is 1.79. The van der Waals surface area contributed by atoms with Crippen LogP contribution in [0.3, 0.4) is 0 Å². The van der Waals surface area contributed by atoms with E-state index in [-0.39, 0.29) is 5.91 Å². The lowest BCUT2D eigenvalue weighted by atomic mass is 9.91. The highest BCUT2D eigenvalue weighted by Gasteiger charge is 2.34. The van der Waals surface area contributed by atoms with Crippen molar-refractivity contribution >= 4 is 5.91 Å². The summed E-state index contributed by atoms with van der Waals surface area (Å²) in [6.45, 7) is 5.26. The second kappa shape index (κ2) is 5.61. The van der Waals surface area contributed by atoms with E-state index in [0.717, 1.165) is 17.9 Å². The lowest BCUT2D eigenvalue weighted by Gasteiger charge is -2.28. The van der Waals surface area contributed by atoms with Crippen LogP contribution in [0.25, 0.3) is 0 Å². The van der Waals surface area contributed by atoms with Crippen LogP contribution < -0.4 is 15.8 Å². The lowest BCUT2D eigenvalue weighted by molar-refractivity contribution is -0.124. The van der Waals surface area contributed by atoms with Crippen LogP contribution in [0.5, 0.6) is 5.75 Å². The maximum Gasteiger partial charge on any atom is 0.242 e. The number of primary amides is 1. The Morgan fingerprint density at radius 1 is 1.42 bits per heavy atom. The summed E-state index contributed by atoms with van der Waals surface area (Å²) >= 11 is 0. The molecule has 1 aromatic carbocycles. The number of benzene rings is 1. The topological polar surface area (TPSA) is 64.3 Å². The number of ether oxygens (including phenoxy) is 1. The van der Waals surface area contributed by atoms with Crippen molar-refractivity contribution in [1.29, 1.82) is 0 Å². The maximum atomic E-state index is 11.8. The van der Waals surface area contributed by atoms with Gasteiger partial charge in [0, 0.05) is 0 Å². The van der Waals surface area contributed by atoms with E-state index in [1.54, 1.807) is 0 Å². The summed E-state index contributed by atoms with van der Waals surface area (Å²) < 4.78 is 5.41. The van der Waals surface area contributed by atoms with Gasteiger partial charge in [0.05, 0.1) is 6.61 Å².